The van der Waals surface area contributed by atoms with E-state index in [1.54, 1.807) is 19.5 Å². The quantitative estimate of drug-likeness (QED) is 0.573. The Hall–Kier alpha value is -3.12. The minimum Gasteiger partial charge on any atom is -0.383 e. The van der Waals surface area contributed by atoms with Crippen LogP contribution in [0.3, 0.4) is 0 Å². The van der Waals surface area contributed by atoms with Crippen molar-refractivity contribution in [3.8, 4) is 0 Å². The van der Waals surface area contributed by atoms with Gasteiger partial charge >= 0.3 is 0 Å². The zero-order valence-electron chi connectivity index (χ0n) is 15.5. The van der Waals surface area contributed by atoms with Gasteiger partial charge in [-0.3, -0.25) is 9.78 Å². The molecule has 1 aromatic carbocycles. The van der Waals surface area contributed by atoms with Crippen LogP contribution in [0.2, 0.25) is 0 Å². The normalized spacial score (nSPS) is 11.3. The largest absolute Gasteiger partial charge is 0.383 e. The standard InChI is InChI=1S/C21H22N4O2/c1-24-17-8-4-3-7-16(17)20-18(24)12-19(25(20)10-11-27-2)21(26)23-14-15-6-5-9-22-13-15/h3-9,12-13H,10-11,14H2,1-2H3,(H,23,26). The van der Waals surface area contributed by atoms with E-state index in [4.69, 9.17) is 4.74 Å². The minimum atomic E-state index is -0.102. The summed E-state index contributed by atoms with van der Waals surface area (Å²) in [4.78, 5) is 17.0. The third-order valence-electron chi connectivity index (χ3n) is 4.89. The van der Waals surface area contributed by atoms with Gasteiger partial charge in [0.1, 0.15) is 5.69 Å². The number of para-hydroxylation sites is 1. The first-order chi connectivity index (χ1) is 13.2. The van der Waals surface area contributed by atoms with E-state index in [0.29, 0.717) is 25.4 Å². The molecule has 1 N–H and O–H groups in total. The van der Waals surface area contributed by atoms with Crippen LogP contribution in [0, 0.1) is 0 Å². The Morgan fingerprint density at radius 3 is 2.81 bits per heavy atom. The number of pyridine rings is 1. The lowest BCUT2D eigenvalue weighted by Crippen LogP contribution is -2.26. The Morgan fingerprint density at radius 2 is 2.04 bits per heavy atom. The number of amides is 1. The van der Waals surface area contributed by atoms with Gasteiger partial charge in [-0.25, -0.2) is 0 Å². The number of carbonyl (C=O) groups is 1. The SMILES string of the molecule is COCCn1c(C(=O)NCc2cccnc2)cc2c1c1ccccc1n2C. The predicted molar refractivity (Wildman–Crippen MR) is 106 cm³/mol. The fourth-order valence-electron chi connectivity index (χ4n) is 3.55. The number of ether oxygens (including phenoxy) is 1. The van der Waals surface area contributed by atoms with E-state index in [1.165, 1.54) is 0 Å². The third kappa shape index (κ3) is 3.08. The number of aromatic nitrogens is 3. The molecule has 0 radical (unpaired) electrons. The van der Waals surface area contributed by atoms with Crippen LogP contribution in [-0.4, -0.2) is 33.7 Å². The molecular weight excluding hydrogens is 340 g/mol. The van der Waals surface area contributed by atoms with E-state index < -0.39 is 0 Å². The first-order valence-electron chi connectivity index (χ1n) is 8.93. The lowest BCUT2D eigenvalue weighted by atomic mass is 10.2. The molecule has 4 aromatic rings. The molecule has 6 nitrogen and oxygen atoms in total. The summed E-state index contributed by atoms with van der Waals surface area (Å²) in [6.07, 6.45) is 3.48. The maximum Gasteiger partial charge on any atom is 0.268 e. The summed E-state index contributed by atoms with van der Waals surface area (Å²) < 4.78 is 9.47. The molecule has 0 saturated heterocycles. The van der Waals surface area contributed by atoms with Gasteiger partial charge in [0, 0.05) is 45.0 Å². The van der Waals surface area contributed by atoms with Crippen molar-refractivity contribution >= 4 is 27.8 Å². The summed E-state index contributed by atoms with van der Waals surface area (Å²) in [5, 5.41) is 4.14. The summed E-state index contributed by atoms with van der Waals surface area (Å²) in [5.41, 5.74) is 4.87. The van der Waals surface area contributed by atoms with Gasteiger partial charge in [0.05, 0.1) is 23.2 Å². The maximum atomic E-state index is 12.9. The van der Waals surface area contributed by atoms with E-state index in [-0.39, 0.29) is 5.91 Å². The van der Waals surface area contributed by atoms with Crippen LogP contribution >= 0.6 is 0 Å². The summed E-state index contributed by atoms with van der Waals surface area (Å²) >= 11 is 0. The molecule has 0 bridgehead atoms. The van der Waals surface area contributed by atoms with E-state index in [0.717, 1.165) is 27.5 Å². The van der Waals surface area contributed by atoms with Crippen molar-refractivity contribution in [3.63, 3.8) is 0 Å². The molecular formula is C21H22N4O2. The molecule has 27 heavy (non-hydrogen) atoms. The number of carbonyl (C=O) groups excluding carboxylic acids is 1. The van der Waals surface area contributed by atoms with Crippen molar-refractivity contribution in [3.05, 3.63) is 66.1 Å². The van der Waals surface area contributed by atoms with Crippen LogP contribution in [0.1, 0.15) is 16.1 Å². The monoisotopic (exact) mass is 362 g/mol. The second-order valence-corrected chi connectivity index (χ2v) is 6.53. The van der Waals surface area contributed by atoms with E-state index in [9.17, 15) is 4.79 Å². The minimum absolute atomic E-state index is 0.102. The molecule has 1 amide bonds. The summed E-state index contributed by atoms with van der Waals surface area (Å²) in [6, 6.07) is 14.0. The molecule has 3 aromatic heterocycles. The Kier molecular flexibility index (Phi) is 4.64. The van der Waals surface area contributed by atoms with Gasteiger partial charge in [-0.1, -0.05) is 24.3 Å². The van der Waals surface area contributed by atoms with Crippen molar-refractivity contribution in [2.75, 3.05) is 13.7 Å². The lowest BCUT2D eigenvalue weighted by Gasteiger charge is -2.11. The molecule has 0 fully saturated rings. The van der Waals surface area contributed by atoms with Gasteiger partial charge in [0.15, 0.2) is 0 Å². The molecule has 6 heteroatoms. The van der Waals surface area contributed by atoms with E-state index in [2.05, 4.69) is 31.6 Å². The molecule has 4 rings (SSSR count). The number of methoxy groups -OCH3 is 1. The number of hydrogen-bond acceptors (Lipinski definition) is 3. The van der Waals surface area contributed by atoms with Crippen LogP contribution in [0.5, 0.6) is 0 Å². The molecule has 3 heterocycles. The van der Waals surface area contributed by atoms with Gasteiger partial charge in [0.25, 0.3) is 5.91 Å². The van der Waals surface area contributed by atoms with Crippen molar-refractivity contribution in [2.45, 2.75) is 13.1 Å². The highest BCUT2D eigenvalue weighted by molar-refractivity contribution is 6.10. The van der Waals surface area contributed by atoms with Crippen molar-refractivity contribution in [1.82, 2.24) is 19.4 Å². The zero-order valence-corrected chi connectivity index (χ0v) is 15.5. The highest BCUT2D eigenvalue weighted by atomic mass is 16.5. The summed E-state index contributed by atoms with van der Waals surface area (Å²) in [7, 11) is 3.70. The molecule has 0 atom stereocenters. The highest BCUT2D eigenvalue weighted by Crippen LogP contribution is 2.31. The molecule has 0 unspecified atom stereocenters. The molecule has 0 aliphatic carbocycles. The molecule has 0 aliphatic rings. The fraction of sp³-hybridized carbons (Fsp3) is 0.238. The topological polar surface area (TPSA) is 61.1 Å². The number of benzene rings is 1. The van der Waals surface area contributed by atoms with Crippen LogP contribution < -0.4 is 5.32 Å². The third-order valence-corrected chi connectivity index (χ3v) is 4.89. The molecule has 138 valence electrons. The second kappa shape index (κ2) is 7.25. The van der Waals surface area contributed by atoms with E-state index in [1.807, 2.05) is 37.4 Å². The predicted octanol–water partition coefficient (Wildman–Crippen LogP) is 3.10. The second-order valence-electron chi connectivity index (χ2n) is 6.53. The van der Waals surface area contributed by atoms with Gasteiger partial charge in [-0.15, -0.1) is 0 Å². The van der Waals surface area contributed by atoms with Gasteiger partial charge < -0.3 is 19.2 Å². The molecule has 0 spiro atoms. The summed E-state index contributed by atoms with van der Waals surface area (Å²) in [5.74, 6) is -0.102. The van der Waals surface area contributed by atoms with Crippen LogP contribution in [0.15, 0.2) is 54.9 Å². The maximum absolute atomic E-state index is 12.9. The smallest absolute Gasteiger partial charge is 0.268 e. The van der Waals surface area contributed by atoms with Crippen LogP contribution in [0.25, 0.3) is 21.9 Å². The van der Waals surface area contributed by atoms with Gasteiger partial charge in [-0.05, 0) is 23.8 Å². The number of fused-ring (bicyclic) bond motifs is 3. The first kappa shape index (κ1) is 17.3. The Bertz CT molecular complexity index is 1100. The Morgan fingerprint density at radius 1 is 1.19 bits per heavy atom. The lowest BCUT2D eigenvalue weighted by molar-refractivity contribution is 0.0939. The van der Waals surface area contributed by atoms with Crippen molar-refractivity contribution in [1.29, 1.82) is 0 Å². The van der Waals surface area contributed by atoms with Gasteiger partial charge in [0.2, 0.25) is 0 Å². The zero-order chi connectivity index (χ0) is 18.8. The number of nitrogens with one attached hydrogen (secondary N) is 1. The number of aryl methyl sites for hydroxylation is 1. The number of rotatable bonds is 6. The van der Waals surface area contributed by atoms with Crippen LogP contribution in [-0.2, 0) is 24.9 Å². The average molecular weight is 362 g/mol. The average Bonchev–Trinajstić information content (AvgIpc) is 3.22. The fourth-order valence-corrected chi connectivity index (χ4v) is 3.55. The van der Waals surface area contributed by atoms with Crippen LogP contribution in [0.4, 0.5) is 0 Å². The number of nitrogens with zero attached hydrogens (tertiary/aromatic N) is 3. The summed E-state index contributed by atoms with van der Waals surface area (Å²) in [6.45, 7) is 1.60. The Labute approximate surface area is 157 Å². The van der Waals surface area contributed by atoms with E-state index >= 15 is 0 Å². The molecule has 0 saturated carbocycles. The number of hydrogen-bond donors (Lipinski definition) is 1. The van der Waals surface area contributed by atoms with Crippen molar-refractivity contribution < 1.29 is 9.53 Å². The van der Waals surface area contributed by atoms with Crippen molar-refractivity contribution in [2.24, 2.45) is 7.05 Å². The molecule has 0 aliphatic heterocycles. The Balaban J connectivity index is 1.75. The van der Waals surface area contributed by atoms with Gasteiger partial charge in [-0.2, -0.15) is 0 Å². The first-order valence-corrected chi connectivity index (χ1v) is 8.93. The highest BCUT2D eigenvalue weighted by Gasteiger charge is 2.20.